The van der Waals surface area contributed by atoms with Gasteiger partial charge in [0.15, 0.2) is 0 Å². The van der Waals surface area contributed by atoms with E-state index in [1.165, 1.54) is 0 Å². The van der Waals surface area contributed by atoms with Crippen molar-refractivity contribution >= 4 is 20.9 Å². The van der Waals surface area contributed by atoms with Crippen LogP contribution in [0.4, 0.5) is 5.69 Å². The third kappa shape index (κ3) is 3.72. The predicted molar refractivity (Wildman–Crippen MR) is 80.0 cm³/mol. The second-order valence-electron chi connectivity index (χ2n) is 4.48. The fraction of sp³-hybridized carbons (Fsp3) is 0.214. The van der Waals surface area contributed by atoms with Crippen molar-refractivity contribution < 1.29 is 4.43 Å². The van der Waals surface area contributed by atoms with Crippen LogP contribution in [0.1, 0.15) is 11.3 Å². The lowest BCUT2D eigenvalue weighted by Gasteiger charge is -2.13. The molecule has 0 aliphatic carbocycles. The molecular weight excluding hydrogens is 254 g/mol. The first-order valence-corrected chi connectivity index (χ1v) is 9.01. The van der Waals surface area contributed by atoms with E-state index in [1.54, 1.807) is 24.8 Å². The fourth-order valence-electron chi connectivity index (χ4n) is 1.65. The van der Waals surface area contributed by atoms with Gasteiger partial charge in [-0.25, -0.2) is 0 Å². The minimum atomic E-state index is -1.15. The topological polar surface area (TPSA) is 47.4 Å². The van der Waals surface area contributed by atoms with Crippen LogP contribution in [0.15, 0.2) is 41.8 Å². The molecule has 0 unspecified atom stereocenters. The Kier molecular flexibility index (Phi) is 4.41. The largest absolute Gasteiger partial charge is 0.546 e. The summed E-state index contributed by atoms with van der Waals surface area (Å²) in [5, 5.41) is 0. The molecule has 0 bridgehead atoms. The maximum absolute atomic E-state index is 5.90. The summed E-state index contributed by atoms with van der Waals surface area (Å²) in [4.78, 5) is 12.7. The van der Waals surface area contributed by atoms with Crippen molar-refractivity contribution in [1.82, 2.24) is 9.97 Å². The lowest BCUT2D eigenvalue weighted by atomic mass is 10.2. The first-order chi connectivity index (χ1) is 9.16. The quantitative estimate of drug-likeness (QED) is 0.634. The molecule has 19 heavy (non-hydrogen) atoms. The monoisotopic (exact) mass is 271 g/mol. The second kappa shape index (κ2) is 6.24. The standard InChI is InChI=1S/C14H17N3OSi/c1-11-5-4-6-13(18-19(2)3)14(11)17-10-12-9-15-7-8-16-12/h4-10,19H,1-3H3. The Morgan fingerprint density at radius 1 is 1.26 bits per heavy atom. The van der Waals surface area contributed by atoms with E-state index in [0.717, 1.165) is 22.7 Å². The number of hydrogen-bond acceptors (Lipinski definition) is 4. The van der Waals surface area contributed by atoms with Gasteiger partial charge in [-0.1, -0.05) is 12.1 Å². The molecular formula is C14H17N3OSi. The van der Waals surface area contributed by atoms with Crippen molar-refractivity contribution in [3.8, 4) is 5.75 Å². The number of benzene rings is 1. The molecule has 0 aliphatic heterocycles. The summed E-state index contributed by atoms with van der Waals surface area (Å²) in [6, 6.07) is 5.98. The Morgan fingerprint density at radius 2 is 2.11 bits per heavy atom. The molecule has 0 atom stereocenters. The van der Waals surface area contributed by atoms with Gasteiger partial charge in [-0.2, -0.15) is 0 Å². The number of aryl methyl sites for hydroxylation is 1. The SMILES string of the molecule is Cc1cccc(O[SiH](C)C)c1N=Cc1cnccn1. The van der Waals surface area contributed by atoms with Gasteiger partial charge in [0.05, 0.1) is 18.1 Å². The zero-order chi connectivity index (χ0) is 13.7. The molecule has 2 aromatic rings. The molecule has 1 aromatic heterocycles. The second-order valence-corrected chi connectivity index (χ2v) is 6.81. The molecule has 0 saturated heterocycles. The summed E-state index contributed by atoms with van der Waals surface area (Å²) in [7, 11) is -1.15. The van der Waals surface area contributed by atoms with Crippen LogP contribution in [-0.4, -0.2) is 25.2 Å². The van der Waals surface area contributed by atoms with E-state index in [1.807, 2.05) is 25.1 Å². The minimum Gasteiger partial charge on any atom is -0.546 e. The van der Waals surface area contributed by atoms with Gasteiger partial charge in [0.2, 0.25) is 9.04 Å². The van der Waals surface area contributed by atoms with E-state index < -0.39 is 9.04 Å². The van der Waals surface area contributed by atoms with Crippen LogP contribution in [0.3, 0.4) is 0 Å². The fourth-order valence-corrected chi connectivity index (χ4v) is 2.35. The van der Waals surface area contributed by atoms with Gasteiger partial charge in [-0.3, -0.25) is 15.0 Å². The Morgan fingerprint density at radius 3 is 2.79 bits per heavy atom. The van der Waals surface area contributed by atoms with Crippen molar-refractivity contribution in [2.75, 3.05) is 0 Å². The third-order valence-corrected chi connectivity index (χ3v) is 3.20. The summed E-state index contributed by atoms with van der Waals surface area (Å²) in [6.07, 6.45) is 6.69. The molecule has 1 aromatic carbocycles. The average Bonchev–Trinajstić information content (AvgIpc) is 2.38. The molecule has 1 heterocycles. The van der Waals surface area contributed by atoms with E-state index in [4.69, 9.17) is 4.43 Å². The van der Waals surface area contributed by atoms with Gasteiger partial charge in [-0.05, 0) is 31.6 Å². The van der Waals surface area contributed by atoms with E-state index in [9.17, 15) is 0 Å². The summed E-state index contributed by atoms with van der Waals surface area (Å²) in [5.74, 6) is 0.849. The Balaban J connectivity index is 2.31. The van der Waals surface area contributed by atoms with Crippen molar-refractivity contribution in [2.24, 2.45) is 4.99 Å². The molecule has 0 aliphatic rings. The maximum Gasteiger partial charge on any atom is 0.229 e. The zero-order valence-corrected chi connectivity index (χ0v) is 12.5. The van der Waals surface area contributed by atoms with Gasteiger partial charge < -0.3 is 4.43 Å². The van der Waals surface area contributed by atoms with Crippen LogP contribution < -0.4 is 4.43 Å². The van der Waals surface area contributed by atoms with Gasteiger partial charge >= 0.3 is 0 Å². The van der Waals surface area contributed by atoms with E-state index >= 15 is 0 Å². The number of aliphatic imine (C=N–C) groups is 1. The van der Waals surface area contributed by atoms with Crippen molar-refractivity contribution in [3.63, 3.8) is 0 Å². The lowest BCUT2D eigenvalue weighted by Crippen LogP contribution is -2.11. The van der Waals surface area contributed by atoms with Gasteiger partial charge in [0, 0.05) is 12.4 Å². The van der Waals surface area contributed by atoms with Crippen LogP contribution in [0.25, 0.3) is 0 Å². The normalized spacial score (nSPS) is 11.2. The summed E-state index contributed by atoms with van der Waals surface area (Å²) in [6.45, 7) is 6.30. The van der Waals surface area contributed by atoms with Gasteiger partial charge in [-0.15, -0.1) is 0 Å². The lowest BCUT2D eigenvalue weighted by molar-refractivity contribution is 0.581. The number of aromatic nitrogens is 2. The van der Waals surface area contributed by atoms with Crippen LogP contribution in [0, 0.1) is 6.92 Å². The Bertz CT molecular complexity index is 570. The maximum atomic E-state index is 5.90. The first kappa shape index (κ1) is 13.4. The molecule has 5 heteroatoms. The first-order valence-electron chi connectivity index (χ1n) is 6.23. The summed E-state index contributed by atoms with van der Waals surface area (Å²) in [5.41, 5.74) is 2.69. The van der Waals surface area contributed by atoms with Crippen molar-refractivity contribution in [2.45, 2.75) is 20.0 Å². The molecule has 0 amide bonds. The van der Waals surface area contributed by atoms with Crippen LogP contribution in [0.2, 0.25) is 13.1 Å². The van der Waals surface area contributed by atoms with Crippen LogP contribution in [-0.2, 0) is 0 Å². The molecule has 0 spiro atoms. The summed E-state index contributed by atoms with van der Waals surface area (Å²) < 4.78 is 5.90. The Labute approximate surface area is 114 Å². The van der Waals surface area contributed by atoms with Gasteiger partial charge in [0.1, 0.15) is 11.4 Å². The molecule has 0 saturated carbocycles. The van der Waals surface area contributed by atoms with E-state index in [2.05, 4.69) is 28.1 Å². The Hall–Kier alpha value is -2.01. The minimum absolute atomic E-state index is 0.735. The molecule has 2 rings (SSSR count). The van der Waals surface area contributed by atoms with Crippen molar-refractivity contribution in [3.05, 3.63) is 48.0 Å². The molecule has 0 radical (unpaired) electrons. The highest BCUT2D eigenvalue weighted by Gasteiger charge is 2.07. The average molecular weight is 271 g/mol. The third-order valence-electron chi connectivity index (χ3n) is 2.47. The number of hydrogen-bond donors (Lipinski definition) is 0. The van der Waals surface area contributed by atoms with Crippen LogP contribution >= 0.6 is 0 Å². The molecule has 98 valence electrons. The van der Waals surface area contributed by atoms with Crippen molar-refractivity contribution in [1.29, 1.82) is 0 Å². The van der Waals surface area contributed by atoms with Crippen LogP contribution in [0.5, 0.6) is 5.75 Å². The zero-order valence-electron chi connectivity index (χ0n) is 11.4. The van der Waals surface area contributed by atoms with E-state index in [-0.39, 0.29) is 0 Å². The molecule has 4 nitrogen and oxygen atoms in total. The van der Waals surface area contributed by atoms with Gasteiger partial charge in [0.25, 0.3) is 0 Å². The molecule has 0 N–H and O–H groups in total. The predicted octanol–water partition coefficient (Wildman–Crippen LogP) is 2.90. The molecule has 0 fully saturated rings. The highest BCUT2D eigenvalue weighted by molar-refractivity contribution is 6.49. The van der Waals surface area contributed by atoms with E-state index in [0.29, 0.717) is 0 Å². The number of para-hydroxylation sites is 1. The highest BCUT2D eigenvalue weighted by atomic mass is 28.3. The summed E-state index contributed by atoms with van der Waals surface area (Å²) >= 11 is 0. The number of rotatable bonds is 4. The number of nitrogens with zero attached hydrogens (tertiary/aromatic N) is 3. The smallest absolute Gasteiger partial charge is 0.229 e. The highest BCUT2D eigenvalue weighted by Crippen LogP contribution is 2.31.